The molecule has 4 aromatic rings. The van der Waals surface area contributed by atoms with Gasteiger partial charge in [-0.1, -0.05) is 124 Å². The molecule has 7 rings (SSSR count). The van der Waals surface area contributed by atoms with Gasteiger partial charge in [0.2, 0.25) is 5.91 Å². The van der Waals surface area contributed by atoms with Crippen LogP contribution in [0.25, 0.3) is 0 Å². The molecule has 0 aromatic heterocycles. The summed E-state index contributed by atoms with van der Waals surface area (Å²) in [6, 6.07) is 27.1. The second-order valence-corrected chi connectivity index (χ2v) is 21.8. The Morgan fingerprint density at radius 1 is 0.828 bits per heavy atom. The molecule has 0 unspecified atom stereocenters. The van der Waals surface area contributed by atoms with Crippen molar-refractivity contribution in [3.63, 3.8) is 0 Å². The van der Waals surface area contributed by atoms with Gasteiger partial charge in [-0.15, -0.1) is 0 Å². The molecular formula is C47H56N2O8Si. The largest absolute Gasteiger partial charge is 0.496 e. The Kier molecular flexibility index (Phi) is 11.0. The van der Waals surface area contributed by atoms with Crippen molar-refractivity contribution in [2.24, 2.45) is 0 Å². The quantitative estimate of drug-likeness (QED) is 0.131. The third kappa shape index (κ3) is 6.86. The molecule has 4 aromatic carbocycles. The molecule has 3 heterocycles. The van der Waals surface area contributed by atoms with Crippen LogP contribution < -0.4 is 24.6 Å². The van der Waals surface area contributed by atoms with E-state index in [1.807, 2.05) is 73.7 Å². The van der Waals surface area contributed by atoms with Crippen LogP contribution in [0.5, 0.6) is 17.2 Å². The van der Waals surface area contributed by atoms with Gasteiger partial charge in [-0.05, 0) is 55.1 Å². The van der Waals surface area contributed by atoms with E-state index in [2.05, 4.69) is 51.6 Å². The van der Waals surface area contributed by atoms with Gasteiger partial charge in [-0.3, -0.25) is 9.69 Å². The van der Waals surface area contributed by atoms with E-state index in [1.165, 1.54) is 4.90 Å². The van der Waals surface area contributed by atoms with Gasteiger partial charge >= 0.3 is 6.09 Å². The lowest BCUT2D eigenvalue weighted by atomic mass is 9.79. The summed E-state index contributed by atoms with van der Waals surface area (Å²) in [6.45, 7) is 18.5. The number of methoxy groups -OCH3 is 2. The minimum absolute atomic E-state index is 0.0324. The molecule has 1 N–H and O–H groups in total. The van der Waals surface area contributed by atoms with Crippen LogP contribution >= 0.6 is 0 Å². The summed E-state index contributed by atoms with van der Waals surface area (Å²) in [7, 11) is -0.0529. The van der Waals surface area contributed by atoms with Crippen molar-refractivity contribution in [1.29, 1.82) is 0 Å². The van der Waals surface area contributed by atoms with Crippen molar-refractivity contribution in [3.8, 4) is 17.2 Å². The fourth-order valence-electron chi connectivity index (χ4n) is 9.47. The molecule has 3 aliphatic rings. The predicted octanol–water partition coefficient (Wildman–Crippen LogP) is 7.40. The van der Waals surface area contributed by atoms with Crippen molar-refractivity contribution < 1.29 is 38.1 Å². The standard InChI is InChI=1S/C47H56N2O8Si/c1-29-26-34-44(51)48-35(28-56-58(47(6,7)8,32-22-16-12-17-23-32)33-24-18-13-19-25-33)36-37(40(50)39(48)38(29)49(34)45(52)57-46(3,4)5)41(53-9)30(2)42(54-10)43(36)55-27-31-20-14-11-15-21-31/h11-25,34-35,38-40,50H,1,26-28H2,2-10H3/t34-,35-,38+,39+,40-/m0/s1. The van der Waals surface area contributed by atoms with Crippen LogP contribution in [0.15, 0.2) is 103 Å². The fourth-order valence-corrected chi connectivity index (χ4v) is 14.0. The Morgan fingerprint density at radius 2 is 1.38 bits per heavy atom. The Morgan fingerprint density at radius 3 is 1.90 bits per heavy atom. The molecule has 2 fully saturated rings. The summed E-state index contributed by atoms with van der Waals surface area (Å²) in [5.74, 6) is 0.893. The minimum Gasteiger partial charge on any atom is -0.496 e. The van der Waals surface area contributed by atoms with Gasteiger partial charge < -0.3 is 33.4 Å². The van der Waals surface area contributed by atoms with Crippen LogP contribution in [-0.2, 0) is 20.6 Å². The first kappa shape index (κ1) is 41.1. The molecule has 11 heteroatoms. The monoisotopic (exact) mass is 804 g/mol. The summed E-state index contributed by atoms with van der Waals surface area (Å²) in [5.41, 5.74) is 2.40. The lowest BCUT2D eigenvalue weighted by Crippen LogP contribution is -2.70. The van der Waals surface area contributed by atoms with Gasteiger partial charge in [0.15, 0.2) is 11.5 Å². The minimum atomic E-state index is -3.19. The summed E-state index contributed by atoms with van der Waals surface area (Å²) in [5, 5.41) is 14.6. The van der Waals surface area contributed by atoms with Crippen LogP contribution in [0.4, 0.5) is 4.79 Å². The second-order valence-electron chi connectivity index (χ2n) is 17.5. The number of ether oxygens (including phenoxy) is 4. The fraction of sp³-hybridized carbons (Fsp3) is 0.404. The molecule has 2 bridgehead atoms. The molecule has 0 radical (unpaired) electrons. The lowest BCUT2D eigenvalue weighted by molar-refractivity contribution is -0.159. The van der Waals surface area contributed by atoms with E-state index in [0.29, 0.717) is 39.5 Å². The molecule has 2 amide bonds. The maximum absolute atomic E-state index is 15.3. The van der Waals surface area contributed by atoms with Gasteiger partial charge in [0.1, 0.15) is 30.1 Å². The molecule has 10 nitrogen and oxygen atoms in total. The maximum atomic E-state index is 15.3. The number of carbonyl (C=O) groups is 2. The molecule has 5 atom stereocenters. The number of nitrogens with zero attached hydrogens (tertiary/aromatic N) is 2. The summed E-state index contributed by atoms with van der Waals surface area (Å²) in [4.78, 5) is 32.6. The van der Waals surface area contributed by atoms with Crippen LogP contribution in [-0.4, -0.2) is 79.8 Å². The lowest BCUT2D eigenvalue weighted by Gasteiger charge is -2.54. The van der Waals surface area contributed by atoms with Gasteiger partial charge in [0.25, 0.3) is 8.32 Å². The highest BCUT2D eigenvalue weighted by molar-refractivity contribution is 6.99. The van der Waals surface area contributed by atoms with E-state index in [-0.39, 0.29) is 30.6 Å². The van der Waals surface area contributed by atoms with Gasteiger partial charge in [0, 0.05) is 16.7 Å². The van der Waals surface area contributed by atoms with E-state index < -0.39 is 50.3 Å². The molecule has 0 aliphatic carbocycles. The van der Waals surface area contributed by atoms with Crippen molar-refractivity contribution in [2.45, 2.75) is 102 Å². The number of carbonyl (C=O) groups excluding carboxylic acids is 2. The van der Waals surface area contributed by atoms with E-state index in [4.69, 9.17) is 23.4 Å². The zero-order valence-corrected chi connectivity index (χ0v) is 36.1. The molecule has 306 valence electrons. The Labute approximate surface area is 343 Å². The summed E-state index contributed by atoms with van der Waals surface area (Å²) < 4.78 is 32.6. The zero-order chi connectivity index (χ0) is 41.7. The number of rotatable bonds is 10. The number of benzene rings is 4. The molecule has 0 saturated carbocycles. The first-order chi connectivity index (χ1) is 27.6. The zero-order valence-electron chi connectivity index (χ0n) is 35.1. The smallest absolute Gasteiger partial charge is 0.411 e. The van der Waals surface area contributed by atoms with Gasteiger partial charge in [-0.25, -0.2) is 4.79 Å². The Hall–Kier alpha value is -5.10. The van der Waals surface area contributed by atoms with Gasteiger partial charge in [0.05, 0.1) is 39.0 Å². The van der Waals surface area contributed by atoms with Crippen LogP contribution in [0.1, 0.15) is 82.4 Å². The van der Waals surface area contributed by atoms with E-state index >= 15 is 4.79 Å². The number of piperazine rings is 1. The summed E-state index contributed by atoms with van der Waals surface area (Å²) in [6.07, 6.45) is -1.72. The molecule has 0 spiro atoms. The Bertz CT molecular complexity index is 2130. The van der Waals surface area contributed by atoms with Gasteiger partial charge in [-0.2, -0.15) is 0 Å². The highest BCUT2D eigenvalue weighted by Crippen LogP contribution is 2.58. The number of aliphatic hydroxyl groups is 1. The topological polar surface area (TPSA) is 107 Å². The Balaban J connectivity index is 1.48. The molecule has 2 saturated heterocycles. The average Bonchev–Trinajstić information content (AvgIpc) is 3.48. The maximum Gasteiger partial charge on any atom is 0.411 e. The first-order valence-electron chi connectivity index (χ1n) is 19.9. The highest BCUT2D eigenvalue weighted by atomic mass is 28.4. The first-order valence-corrected chi connectivity index (χ1v) is 21.9. The highest BCUT2D eigenvalue weighted by Gasteiger charge is 2.63. The second kappa shape index (κ2) is 15.6. The van der Waals surface area contributed by atoms with E-state index in [9.17, 15) is 9.90 Å². The van der Waals surface area contributed by atoms with Crippen LogP contribution in [0, 0.1) is 6.92 Å². The third-order valence-electron chi connectivity index (χ3n) is 11.8. The number of aliphatic hydroxyl groups excluding tert-OH is 1. The van der Waals surface area contributed by atoms with Crippen molar-refractivity contribution in [1.82, 2.24) is 9.80 Å². The third-order valence-corrected chi connectivity index (χ3v) is 16.8. The molecule has 58 heavy (non-hydrogen) atoms. The van der Waals surface area contributed by atoms with Crippen molar-refractivity contribution in [3.05, 3.63) is 125 Å². The normalized spacial score (nSPS) is 21.7. The van der Waals surface area contributed by atoms with E-state index in [1.54, 1.807) is 39.9 Å². The van der Waals surface area contributed by atoms with Crippen LogP contribution in [0.2, 0.25) is 5.04 Å². The predicted molar refractivity (Wildman–Crippen MR) is 226 cm³/mol. The molecular weight excluding hydrogens is 749 g/mol. The number of hydrogen-bond donors (Lipinski definition) is 1. The van der Waals surface area contributed by atoms with Crippen molar-refractivity contribution >= 4 is 30.7 Å². The van der Waals surface area contributed by atoms with Crippen LogP contribution in [0.3, 0.4) is 0 Å². The number of amides is 2. The van der Waals surface area contributed by atoms with E-state index in [0.717, 1.165) is 15.9 Å². The SMILES string of the molecule is C=C1C[C@H]2C(=O)N3[C@H]([C@@H]1N2C(=O)OC(C)(C)C)[C@@H](O)c1c(OC)c(C)c(OC)c(OCc2ccccc2)c1[C@@H]3CO[Si](c1ccccc1)(c1ccccc1)C(C)(C)C. The summed E-state index contributed by atoms with van der Waals surface area (Å²) >= 11 is 0. The number of fused-ring (bicyclic) bond motifs is 5. The molecule has 3 aliphatic heterocycles. The number of hydrogen-bond acceptors (Lipinski definition) is 8. The average molecular weight is 805 g/mol. The van der Waals surface area contributed by atoms with Crippen molar-refractivity contribution in [2.75, 3.05) is 20.8 Å².